The fourth-order valence-corrected chi connectivity index (χ4v) is 0.402. The van der Waals surface area contributed by atoms with Gasteiger partial charge in [-0.05, 0) is 0 Å². The zero-order valence-electron chi connectivity index (χ0n) is 3.89. The Labute approximate surface area is 41.8 Å². The molecule has 1 atom stereocenters. The minimum Gasteiger partial charge on any atom is -0.447 e. The standard InChI is InChI=1S/C5H6O2/c1-2-3-4-5(6)7-4/h2,4H,1,3H2. The molecule has 0 aliphatic carbocycles. The Morgan fingerprint density at radius 1 is 2.00 bits per heavy atom. The maximum atomic E-state index is 10.0. The highest BCUT2D eigenvalue weighted by Crippen LogP contribution is 2.15. The van der Waals surface area contributed by atoms with Gasteiger partial charge in [-0.15, -0.1) is 6.58 Å². The fraction of sp³-hybridized carbons (Fsp3) is 0.400. The molecule has 0 aromatic rings. The van der Waals surface area contributed by atoms with E-state index in [4.69, 9.17) is 0 Å². The number of hydrogen-bond donors (Lipinski definition) is 0. The van der Waals surface area contributed by atoms with Gasteiger partial charge in [0.1, 0.15) is 0 Å². The van der Waals surface area contributed by atoms with Crippen LogP contribution < -0.4 is 0 Å². The molecule has 0 amide bonds. The van der Waals surface area contributed by atoms with E-state index in [0.29, 0.717) is 6.42 Å². The highest BCUT2D eigenvalue weighted by Gasteiger charge is 2.35. The molecule has 38 valence electrons. The quantitative estimate of drug-likeness (QED) is 0.371. The molecule has 1 heterocycles. The number of carbonyl (C=O) groups is 1. The van der Waals surface area contributed by atoms with Crippen LogP contribution in [0.3, 0.4) is 0 Å². The predicted molar refractivity (Wildman–Crippen MR) is 24.7 cm³/mol. The minimum atomic E-state index is -0.141. The number of carbonyl (C=O) groups excluding carboxylic acids is 1. The lowest BCUT2D eigenvalue weighted by molar-refractivity contribution is -0.117. The summed E-state index contributed by atoms with van der Waals surface area (Å²) in [5, 5.41) is 0. The maximum absolute atomic E-state index is 10.0. The molecule has 1 saturated heterocycles. The van der Waals surface area contributed by atoms with Gasteiger partial charge in [0.25, 0.3) is 0 Å². The van der Waals surface area contributed by atoms with Crippen LogP contribution in [0, 0.1) is 0 Å². The van der Waals surface area contributed by atoms with E-state index in [1.54, 1.807) is 6.08 Å². The lowest BCUT2D eigenvalue weighted by Gasteiger charge is -1.70. The Bertz CT molecular complexity index is 107. The first-order chi connectivity index (χ1) is 3.34. The highest BCUT2D eigenvalue weighted by atomic mass is 16.6. The van der Waals surface area contributed by atoms with E-state index >= 15 is 0 Å². The Balaban J connectivity index is 2.20. The van der Waals surface area contributed by atoms with Gasteiger partial charge in [-0.1, -0.05) is 6.08 Å². The van der Waals surface area contributed by atoms with Gasteiger partial charge >= 0.3 is 5.97 Å². The average molecular weight is 98.1 g/mol. The van der Waals surface area contributed by atoms with E-state index < -0.39 is 0 Å². The van der Waals surface area contributed by atoms with Gasteiger partial charge < -0.3 is 4.74 Å². The van der Waals surface area contributed by atoms with E-state index in [1.807, 2.05) is 0 Å². The van der Waals surface area contributed by atoms with Crippen molar-refractivity contribution in [2.45, 2.75) is 12.5 Å². The molecule has 0 radical (unpaired) electrons. The average Bonchev–Trinajstić information content (AvgIpc) is 2.22. The van der Waals surface area contributed by atoms with Crippen LogP contribution in [0.2, 0.25) is 0 Å². The third-order valence-corrected chi connectivity index (χ3v) is 0.845. The summed E-state index contributed by atoms with van der Waals surface area (Å²) in [4.78, 5) is 10.0. The van der Waals surface area contributed by atoms with Crippen LogP contribution in [0.1, 0.15) is 6.42 Å². The molecule has 0 saturated carbocycles. The van der Waals surface area contributed by atoms with E-state index in [2.05, 4.69) is 11.3 Å². The van der Waals surface area contributed by atoms with E-state index in [-0.39, 0.29) is 12.1 Å². The second-order valence-electron chi connectivity index (χ2n) is 1.45. The van der Waals surface area contributed by atoms with Crippen LogP contribution in [0.4, 0.5) is 0 Å². The summed E-state index contributed by atoms with van der Waals surface area (Å²) in [6.45, 7) is 3.44. The third kappa shape index (κ3) is 0.796. The van der Waals surface area contributed by atoms with Crippen LogP contribution in [-0.4, -0.2) is 12.1 Å². The van der Waals surface area contributed by atoms with Crippen molar-refractivity contribution in [3.63, 3.8) is 0 Å². The van der Waals surface area contributed by atoms with E-state index in [9.17, 15) is 4.79 Å². The van der Waals surface area contributed by atoms with E-state index in [1.165, 1.54) is 0 Å². The number of hydrogen-bond acceptors (Lipinski definition) is 2. The molecule has 0 spiro atoms. The topological polar surface area (TPSA) is 29.6 Å². The first-order valence-electron chi connectivity index (χ1n) is 2.16. The molecule has 1 rings (SSSR count). The molecule has 1 aliphatic heterocycles. The van der Waals surface area contributed by atoms with Gasteiger partial charge in [-0.25, -0.2) is 4.79 Å². The number of epoxide rings is 1. The second-order valence-corrected chi connectivity index (χ2v) is 1.45. The maximum Gasteiger partial charge on any atom is 0.348 e. The molecule has 0 bridgehead atoms. The summed E-state index contributed by atoms with van der Waals surface area (Å²) in [7, 11) is 0. The monoisotopic (exact) mass is 98.0 g/mol. The fourth-order valence-electron chi connectivity index (χ4n) is 0.402. The van der Waals surface area contributed by atoms with Gasteiger partial charge in [0, 0.05) is 6.42 Å². The highest BCUT2D eigenvalue weighted by molar-refractivity contribution is 5.87. The zero-order chi connectivity index (χ0) is 5.28. The van der Waals surface area contributed by atoms with Gasteiger partial charge in [-0.2, -0.15) is 0 Å². The molecule has 0 N–H and O–H groups in total. The van der Waals surface area contributed by atoms with Crippen LogP contribution in [-0.2, 0) is 9.53 Å². The molecule has 1 unspecified atom stereocenters. The van der Waals surface area contributed by atoms with Gasteiger partial charge in [-0.3, -0.25) is 0 Å². The van der Waals surface area contributed by atoms with Crippen molar-refractivity contribution in [3.05, 3.63) is 12.7 Å². The first-order valence-corrected chi connectivity index (χ1v) is 2.16. The lowest BCUT2D eigenvalue weighted by atomic mass is 10.3. The molecule has 2 nitrogen and oxygen atoms in total. The molecule has 0 aromatic carbocycles. The van der Waals surface area contributed by atoms with Crippen LogP contribution in [0.5, 0.6) is 0 Å². The van der Waals surface area contributed by atoms with Crippen molar-refractivity contribution in [2.24, 2.45) is 0 Å². The summed E-state index contributed by atoms with van der Waals surface area (Å²) >= 11 is 0. The van der Waals surface area contributed by atoms with Gasteiger partial charge in [0.15, 0.2) is 0 Å². The molecule has 0 aromatic heterocycles. The lowest BCUT2D eigenvalue weighted by Crippen LogP contribution is -1.80. The molecule has 2 heteroatoms. The number of rotatable bonds is 2. The minimum absolute atomic E-state index is 0.0973. The van der Waals surface area contributed by atoms with Crippen LogP contribution in [0.15, 0.2) is 12.7 Å². The van der Waals surface area contributed by atoms with Crippen molar-refractivity contribution in [3.8, 4) is 0 Å². The van der Waals surface area contributed by atoms with Crippen LogP contribution >= 0.6 is 0 Å². The largest absolute Gasteiger partial charge is 0.447 e. The Morgan fingerprint density at radius 3 is 2.71 bits per heavy atom. The van der Waals surface area contributed by atoms with Crippen molar-refractivity contribution < 1.29 is 9.53 Å². The van der Waals surface area contributed by atoms with Crippen LogP contribution in [0.25, 0.3) is 0 Å². The van der Waals surface area contributed by atoms with Gasteiger partial charge in [0.2, 0.25) is 6.10 Å². The normalized spacial score (nSPS) is 26.3. The van der Waals surface area contributed by atoms with Crippen molar-refractivity contribution in [2.75, 3.05) is 0 Å². The SMILES string of the molecule is C=CCC1OC1=O. The molecule has 1 aliphatic rings. The van der Waals surface area contributed by atoms with E-state index in [0.717, 1.165) is 0 Å². The van der Waals surface area contributed by atoms with Crippen molar-refractivity contribution in [1.29, 1.82) is 0 Å². The summed E-state index contributed by atoms with van der Waals surface area (Å²) in [6, 6.07) is 0. The summed E-state index contributed by atoms with van der Waals surface area (Å²) in [5.74, 6) is -0.0973. The van der Waals surface area contributed by atoms with Crippen molar-refractivity contribution in [1.82, 2.24) is 0 Å². The van der Waals surface area contributed by atoms with Crippen molar-refractivity contribution >= 4 is 5.97 Å². The number of ether oxygens (including phenoxy) is 1. The smallest absolute Gasteiger partial charge is 0.348 e. The van der Waals surface area contributed by atoms with Gasteiger partial charge in [0.05, 0.1) is 0 Å². The predicted octanol–water partition coefficient (Wildman–Crippen LogP) is 0.488. The molecule has 7 heavy (non-hydrogen) atoms. The molecular formula is C5H6O2. The Hall–Kier alpha value is -0.790. The summed E-state index contributed by atoms with van der Waals surface area (Å²) < 4.78 is 4.45. The Morgan fingerprint density at radius 2 is 2.57 bits per heavy atom. The number of cyclic esters (lactones) is 1. The second kappa shape index (κ2) is 1.37. The summed E-state index contributed by atoms with van der Waals surface area (Å²) in [6.07, 6.45) is 2.20. The third-order valence-electron chi connectivity index (χ3n) is 0.845. The first kappa shape index (κ1) is 4.37. The summed E-state index contributed by atoms with van der Waals surface area (Å²) in [5.41, 5.74) is 0. The zero-order valence-corrected chi connectivity index (χ0v) is 3.89. The molecule has 1 fully saturated rings. The molecular weight excluding hydrogens is 92.1 g/mol. The Kier molecular flexibility index (Phi) is 0.855.